The van der Waals surface area contributed by atoms with Crippen LogP contribution in [0.2, 0.25) is 0 Å². The Balaban J connectivity index is 1.84. The van der Waals surface area contributed by atoms with Gasteiger partial charge < -0.3 is 10.3 Å². The molecule has 1 aliphatic carbocycles. The van der Waals surface area contributed by atoms with Crippen molar-refractivity contribution >= 4 is 10.9 Å². The van der Waals surface area contributed by atoms with E-state index in [0.29, 0.717) is 6.04 Å². The molecule has 0 aliphatic heterocycles. The zero-order valence-electron chi connectivity index (χ0n) is 8.39. The first-order valence-corrected chi connectivity index (χ1v) is 5.32. The Hall–Kier alpha value is -1.35. The van der Waals surface area contributed by atoms with Crippen molar-refractivity contribution in [2.24, 2.45) is 0 Å². The third kappa shape index (κ3) is 1.88. The molecule has 2 nitrogen and oxygen atoms in total. The van der Waals surface area contributed by atoms with Crippen LogP contribution in [0.1, 0.15) is 18.5 Å². The lowest BCUT2D eigenvalue weighted by Crippen LogP contribution is -2.15. The molecular formula is C12H13FN2. The molecule has 0 spiro atoms. The monoisotopic (exact) mass is 204 g/mol. The number of aromatic amines is 1. The van der Waals surface area contributed by atoms with Crippen LogP contribution in [-0.4, -0.2) is 11.0 Å². The lowest BCUT2D eigenvalue weighted by Gasteiger charge is -1.98. The summed E-state index contributed by atoms with van der Waals surface area (Å²) in [6.07, 6.45) is 2.57. The van der Waals surface area contributed by atoms with E-state index in [1.165, 1.54) is 25.0 Å². The summed E-state index contributed by atoms with van der Waals surface area (Å²) in [6, 6.07) is 7.61. The minimum atomic E-state index is -0.189. The number of aromatic nitrogens is 1. The van der Waals surface area contributed by atoms with Gasteiger partial charge in [0.2, 0.25) is 0 Å². The third-order valence-electron chi connectivity index (χ3n) is 2.80. The number of hydrogen-bond acceptors (Lipinski definition) is 1. The van der Waals surface area contributed by atoms with Gasteiger partial charge in [0.05, 0.1) is 0 Å². The van der Waals surface area contributed by atoms with E-state index in [4.69, 9.17) is 0 Å². The highest BCUT2D eigenvalue weighted by atomic mass is 19.1. The van der Waals surface area contributed by atoms with E-state index >= 15 is 0 Å². The Labute approximate surface area is 87.5 Å². The first-order chi connectivity index (χ1) is 7.31. The molecule has 0 bridgehead atoms. The fraction of sp³-hybridized carbons (Fsp3) is 0.333. The average Bonchev–Trinajstić information content (AvgIpc) is 2.95. The number of rotatable bonds is 3. The fourth-order valence-electron chi connectivity index (χ4n) is 1.80. The van der Waals surface area contributed by atoms with Crippen LogP contribution in [0, 0.1) is 5.82 Å². The van der Waals surface area contributed by atoms with E-state index in [-0.39, 0.29) is 5.82 Å². The van der Waals surface area contributed by atoms with E-state index in [1.807, 2.05) is 6.07 Å². The van der Waals surface area contributed by atoms with Crippen LogP contribution in [-0.2, 0) is 6.54 Å². The highest BCUT2D eigenvalue weighted by Crippen LogP contribution is 2.20. The summed E-state index contributed by atoms with van der Waals surface area (Å²) in [5.41, 5.74) is 2.00. The van der Waals surface area contributed by atoms with Gasteiger partial charge in [0.25, 0.3) is 0 Å². The van der Waals surface area contributed by atoms with Gasteiger partial charge in [-0.05, 0) is 42.5 Å². The molecule has 1 aromatic heterocycles. The van der Waals surface area contributed by atoms with Crippen molar-refractivity contribution in [3.8, 4) is 0 Å². The number of H-pyrrole nitrogens is 1. The van der Waals surface area contributed by atoms with Gasteiger partial charge in [-0.3, -0.25) is 0 Å². The zero-order chi connectivity index (χ0) is 10.3. The Bertz CT molecular complexity index is 485. The average molecular weight is 204 g/mol. The fourth-order valence-corrected chi connectivity index (χ4v) is 1.80. The summed E-state index contributed by atoms with van der Waals surface area (Å²) in [6.45, 7) is 0.848. The van der Waals surface area contributed by atoms with Gasteiger partial charge in [-0.15, -0.1) is 0 Å². The molecular weight excluding hydrogens is 191 g/mol. The van der Waals surface area contributed by atoms with Crippen LogP contribution in [0.4, 0.5) is 4.39 Å². The standard InChI is InChI=1S/C12H13FN2/c13-9-2-1-8-5-11(15-12(8)6-9)7-14-10-3-4-10/h1-2,5-6,10,14-15H,3-4,7H2. The molecule has 2 N–H and O–H groups in total. The summed E-state index contributed by atoms with van der Waals surface area (Å²) in [4.78, 5) is 3.22. The first kappa shape index (κ1) is 8.92. The maximum absolute atomic E-state index is 12.9. The van der Waals surface area contributed by atoms with E-state index in [2.05, 4.69) is 16.4 Å². The summed E-state index contributed by atoms with van der Waals surface area (Å²) in [7, 11) is 0. The normalized spacial score (nSPS) is 16.1. The van der Waals surface area contributed by atoms with Gasteiger partial charge in [0.1, 0.15) is 5.82 Å². The van der Waals surface area contributed by atoms with Gasteiger partial charge in [-0.25, -0.2) is 4.39 Å². The molecule has 2 aromatic rings. The minimum Gasteiger partial charge on any atom is -0.357 e. The number of hydrogen-bond donors (Lipinski definition) is 2. The lowest BCUT2D eigenvalue weighted by molar-refractivity contribution is 0.629. The van der Waals surface area contributed by atoms with E-state index in [9.17, 15) is 4.39 Å². The molecule has 0 saturated heterocycles. The molecule has 15 heavy (non-hydrogen) atoms. The number of fused-ring (bicyclic) bond motifs is 1. The Morgan fingerprint density at radius 3 is 3.00 bits per heavy atom. The maximum Gasteiger partial charge on any atom is 0.125 e. The summed E-state index contributed by atoms with van der Waals surface area (Å²) >= 11 is 0. The van der Waals surface area contributed by atoms with Gasteiger partial charge in [-0.2, -0.15) is 0 Å². The van der Waals surface area contributed by atoms with Crippen molar-refractivity contribution in [3.05, 3.63) is 35.8 Å². The Morgan fingerprint density at radius 2 is 2.20 bits per heavy atom. The first-order valence-electron chi connectivity index (χ1n) is 5.32. The second-order valence-electron chi connectivity index (χ2n) is 4.18. The quantitative estimate of drug-likeness (QED) is 0.790. The van der Waals surface area contributed by atoms with Crippen LogP contribution in [0.5, 0.6) is 0 Å². The highest BCUT2D eigenvalue weighted by Gasteiger charge is 2.20. The van der Waals surface area contributed by atoms with Crippen molar-refractivity contribution < 1.29 is 4.39 Å². The van der Waals surface area contributed by atoms with Crippen molar-refractivity contribution in [2.75, 3.05) is 0 Å². The van der Waals surface area contributed by atoms with Crippen LogP contribution < -0.4 is 5.32 Å². The highest BCUT2D eigenvalue weighted by molar-refractivity contribution is 5.80. The minimum absolute atomic E-state index is 0.189. The molecule has 1 aliphatic rings. The summed E-state index contributed by atoms with van der Waals surface area (Å²) in [5.74, 6) is -0.189. The lowest BCUT2D eigenvalue weighted by atomic mass is 10.2. The number of halogens is 1. The maximum atomic E-state index is 12.9. The van der Waals surface area contributed by atoms with Crippen LogP contribution in [0.3, 0.4) is 0 Å². The molecule has 3 rings (SSSR count). The molecule has 1 aromatic carbocycles. The van der Waals surface area contributed by atoms with E-state index in [0.717, 1.165) is 23.1 Å². The van der Waals surface area contributed by atoms with Crippen LogP contribution in [0.15, 0.2) is 24.3 Å². The van der Waals surface area contributed by atoms with E-state index in [1.54, 1.807) is 0 Å². The number of nitrogens with one attached hydrogen (secondary N) is 2. The molecule has 78 valence electrons. The zero-order valence-corrected chi connectivity index (χ0v) is 8.39. The second-order valence-corrected chi connectivity index (χ2v) is 4.18. The molecule has 1 heterocycles. The molecule has 0 amide bonds. The predicted octanol–water partition coefficient (Wildman–Crippen LogP) is 2.56. The molecule has 3 heteroatoms. The summed E-state index contributed by atoms with van der Waals surface area (Å²) < 4.78 is 12.9. The van der Waals surface area contributed by atoms with Crippen LogP contribution >= 0.6 is 0 Å². The van der Waals surface area contributed by atoms with E-state index < -0.39 is 0 Å². The van der Waals surface area contributed by atoms with Crippen molar-refractivity contribution in [1.29, 1.82) is 0 Å². The van der Waals surface area contributed by atoms with Gasteiger partial charge in [0.15, 0.2) is 0 Å². The van der Waals surface area contributed by atoms with Crippen molar-refractivity contribution in [2.45, 2.75) is 25.4 Å². The Kier molecular flexibility index (Phi) is 1.99. The largest absolute Gasteiger partial charge is 0.357 e. The third-order valence-corrected chi connectivity index (χ3v) is 2.80. The number of benzene rings is 1. The van der Waals surface area contributed by atoms with Gasteiger partial charge in [-0.1, -0.05) is 0 Å². The molecule has 0 unspecified atom stereocenters. The Morgan fingerprint density at radius 1 is 1.33 bits per heavy atom. The smallest absolute Gasteiger partial charge is 0.125 e. The van der Waals surface area contributed by atoms with Crippen molar-refractivity contribution in [1.82, 2.24) is 10.3 Å². The van der Waals surface area contributed by atoms with Crippen LogP contribution in [0.25, 0.3) is 10.9 Å². The summed E-state index contributed by atoms with van der Waals surface area (Å²) in [5, 5.41) is 4.50. The molecule has 1 saturated carbocycles. The van der Waals surface area contributed by atoms with Crippen molar-refractivity contribution in [3.63, 3.8) is 0 Å². The molecule has 0 radical (unpaired) electrons. The molecule has 1 fully saturated rings. The van der Waals surface area contributed by atoms with Gasteiger partial charge >= 0.3 is 0 Å². The predicted molar refractivity (Wildman–Crippen MR) is 58.1 cm³/mol. The topological polar surface area (TPSA) is 27.8 Å². The van der Waals surface area contributed by atoms with Gasteiger partial charge in [0, 0.05) is 23.8 Å². The second kappa shape index (κ2) is 3.35. The molecule has 0 atom stereocenters. The SMILES string of the molecule is Fc1ccc2cc(CNC3CC3)[nH]c2c1.